The molecule has 0 spiro atoms. The van der Waals surface area contributed by atoms with E-state index in [0.29, 0.717) is 24.4 Å². The molecule has 21 heavy (non-hydrogen) atoms. The minimum absolute atomic E-state index is 0.449. The Morgan fingerprint density at radius 1 is 1.14 bits per heavy atom. The average molecular weight is 287 g/mol. The standard InChI is InChI=1S/C16H21N3O2/c1-20-15-16(19-14-8-3-2-7-13(14)18-15)21-11-9-12-6-4-5-10-17-12/h2-3,7-8,12,17H,4-6,9-11H2,1H3/t12-/m0/s1. The fourth-order valence-corrected chi connectivity index (χ4v) is 2.66. The number of ether oxygens (including phenoxy) is 2. The van der Waals surface area contributed by atoms with Crippen LogP contribution in [-0.4, -0.2) is 36.3 Å². The van der Waals surface area contributed by atoms with Crippen molar-refractivity contribution in [3.8, 4) is 11.8 Å². The van der Waals surface area contributed by atoms with Gasteiger partial charge in [0.05, 0.1) is 24.8 Å². The Labute approximate surface area is 124 Å². The van der Waals surface area contributed by atoms with Crippen molar-refractivity contribution < 1.29 is 9.47 Å². The largest absolute Gasteiger partial charge is 0.477 e. The van der Waals surface area contributed by atoms with Crippen molar-refractivity contribution >= 4 is 11.0 Å². The molecule has 0 radical (unpaired) electrons. The molecule has 0 amide bonds. The minimum Gasteiger partial charge on any atom is -0.477 e. The third-order valence-electron chi connectivity index (χ3n) is 3.82. The highest BCUT2D eigenvalue weighted by atomic mass is 16.5. The number of para-hydroxylation sites is 2. The van der Waals surface area contributed by atoms with Gasteiger partial charge in [-0.15, -0.1) is 0 Å². The first-order valence-corrected chi connectivity index (χ1v) is 7.54. The van der Waals surface area contributed by atoms with Gasteiger partial charge in [0.1, 0.15) is 0 Å². The molecule has 1 aromatic heterocycles. The van der Waals surface area contributed by atoms with Gasteiger partial charge in [-0.2, -0.15) is 0 Å². The van der Waals surface area contributed by atoms with Crippen LogP contribution in [0.1, 0.15) is 25.7 Å². The van der Waals surface area contributed by atoms with Crippen molar-refractivity contribution in [2.75, 3.05) is 20.3 Å². The van der Waals surface area contributed by atoms with E-state index >= 15 is 0 Å². The maximum absolute atomic E-state index is 5.80. The van der Waals surface area contributed by atoms with Crippen LogP contribution in [0.5, 0.6) is 11.8 Å². The van der Waals surface area contributed by atoms with E-state index in [1.807, 2.05) is 24.3 Å². The van der Waals surface area contributed by atoms with Gasteiger partial charge >= 0.3 is 0 Å². The van der Waals surface area contributed by atoms with Crippen molar-refractivity contribution in [1.82, 2.24) is 15.3 Å². The molecule has 5 heteroatoms. The molecule has 112 valence electrons. The smallest absolute Gasteiger partial charge is 0.278 e. The summed E-state index contributed by atoms with van der Waals surface area (Å²) < 4.78 is 11.1. The van der Waals surface area contributed by atoms with Crippen LogP contribution in [0.2, 0.25) is 0 Å². The van der Waals surface area contributed by atoms with Crippen molar-refractivity contribution in [1.29, 1.82) is 0 Å². The summed E-state index contributed by atoms with van der Waals surface area (Å²) in [5, 5.41) is 3.52. The third kappa shape index (κ3) is 3.42. The number of fused-ring (bicyclic) bond motifs is 1. The molecule has 3 rings (SSSR count). The predicted molar refractivity (Wildman–Crippen MR) is 81.8 cm³/mol. The zero-order valence-corrected chi connectivity index (χ0v) is 12.3. The summed E-state index contributed by atoms with van der Waals surface area (Å²) in [5.41, 5.74) is 1.64. The highest BCUT2D eigenvalue weighted by Gasteiger charge is 2.14. The highest BCUT2D eigenvalue weighted by molar-refractivity contribution is 5.75. The maximum atomic E-state index is 5.80. The Kier molecular flexibility index (Phi) is 4.50. The van der Waals surface area contributed by atoms with Gasteiger partial charge < -0.3 is 14.8 Å². The number of hydrogen-bond donors (Lipinski definition) is 1. The van der Waals surface area contributed by atoms with E-state index in [9.17, 15) is 0 Å². The number of nitrogens with one attached hydrogen (secondary N) is 1. The first-order valence-electron chi connectivity index (χ1n) is 7.54. The second kappa shape index (κ2) is 6.72. The molecule has 1 aliphatic rings. The zero-order chi connectivity index (χ0) is 14.5. The number of rotatable bonds is 5. The Bertz CT molecular complexity index is 597. The third-order valence-corrected chi connectivity index (χ3v) is 3.82. The number of hydrogen-bond acceptors (Lipinski definition) is 5. The summed E-state index contributed by atoms with van der Waals surface area (Å²) in [5.74, 6) is 0.928. The summed E-state index contributed by atoms with van der Waals surface area (Å²) in [6, 6.07) is 8.28. The Morgan fingerprint density at radius 3 is 2.57 bits per heavy atom. The van der Waals surface area contributed by atoms with Crippen molar-refractivity contribution in [3.63, 3.8) is 0 Å². The molecule has 1 aromatic carbocycles. The van der Waals surface area contributed by atoms with Gasteiger partial charge in [0, 0.05) is 6.04 Å². The SMILES string of the molecule is COc1nc2ccccc2nc1OCC[C@@H]1CCCCN1. The molecule has 2 aromatic rings. The predicted octanol–water partition coefficient (Wildman–Crippen LogP) is 2.55. The second-order valence-electron chi connectivity index (χ2n) is 5.31. The van der Waals surface area contributed by atoms with Crippen LogP contribution in [-0.2, 0) is 0 Å². The number of aromatic nitrogens is 2. The number of nitrogens with zero attached hydrogens (tertiary/aromatic N) is 2. The molecule has 0 aliphatic carbocycles. The fourth-order valence-electron chi connectivity index (χ4n) is 2.66. The maximum Gasteiger partial charge on any atom is 0.278 e. The molecule has 0 saturated carbocycles. The van der Waals surface area contributed by atoms with Crippen LogP contribution in [0, 0.1) is 0 Å². The summed E-state index contributed by atoms with van der Waals surface area (Å²) >= 11 is 0. The van der Waals surface area contributed by atoms with Gasteiger partial charge in [-0.05, 0) is 37.9 Å². The van der Waals surface area contributed by atoms with E-state index in [1.54, 1.807) is 7.11 Å². The second-order valence-corrected chi connectivity index (χ2v) is 5.31. The summed E-state index contributed by atoms with van der Waals surface area (Å²) in [6.45, 7) is 1.74. The van der Waals surface area contributed by atoms with Crippen molar-refractivity contribution in [3.05, 3.63) is 24.3 Å². The van der Waals surface area contributed by atoms with Crippen LogP contribution in [0.3, 0.4) is 0 Å². The first-order chi connectivity index (χ1) is 10.4. The van der Waals surface area contributed by atoms with Crippen molar-refractivity contribution in [2.24, 2.45) is 0 Å². The Balaban J connectivity index is 1.67. The Morgan fingerprint density at radius 2 is 1.90 bits per heavy atom. The summed E-state index contributed by atoms with van der Waals surface area (Å²) in [4.78, 5) is 8.93. The molecule has 1 saturated heterocycles. The lowest BCUT2D eigenvalue weighted by Gasteiger charge is -2.23. The van der Waals surface area contributed by atoms with Crippen LogP contribution in [0.25, 0.3) is 11.0 Å². The van der Waals surface area contributed by atoms with Gasteiger partial charge in [0.25, 0.3) is 11.8 Å². The number of benzene rings is 1. The van der Waals surface area contributed by atoms with Gasteiger partial charge in [-0.3, -0.25) is 0 Å². The van der Waals surface area contributed by atoms with Crippen molar-refractivity contribution in [2.45, 2.75) is 31.7 Å². The molecule has 5 nitrogen and oxygen atoms in total. The van der Waals surface area contributed by atoms with E-state index in [-0.39, 0.29) is 0 Å². The quantitative estimate of drug-likeness (QED) is 0.916. The summed E-state index contributed by atoms with van der Waals surface area (Å²) in [6.07, 6.45) is 4.79. The van der Waals surface area contributed by atoms with Gasteiger partial charge in [-0.1, -0.05) is 18.6 Å². The molecule has 0 unspecified atom stereocenters. The molecule has 1 N–H and O–H groups in total. The van der Waals surface area contributed by atoms with E-state index in [4.69, 9.17) is 9.47 Å². The normalized spacial score (nSPS) is 18.6. The first kappa shape index (κ1) is 14.1. The lowest BCUT2D eigenvalue weighted by molar-refractivity contribution is 0.246. The highest BCUT2D eigenvalue weighted by Crippen LogP contribution is 2.25. The average Bonchev–Trinajstić information content (AvgIpc) is 2.55. The van der Waals surface area contributed by atoms with Gasteiger partial charge in [0.2, 0.25) is 0 Å². The van der Waals surface area contributed by atoms with E-state index in [0.717, 1.165) is 24.0 Å². The van der Waals surface area contributed by atoms with Crippen LogP contribution >= 0.6 is 0 Å². The van der Waals surface area contributed by atoms with Gasteiger partial charge in [0.15, 0.2) is 0 Å². The lowest BCUT2D eigenvalue weighted by Crippen LogP contribution is -2.35. The number of piperidine rings is 1. The molecule has 0 bridgehead atoms. The minimum atomic E-state index is 0.449. The van der Waals surface area contributed by atoms with E-state index in [2.05, 4.69) is 15.3 Å². The van der Waals surface area contributed by atoms with Crippen LogP contribution < -0.4 is 14.8 Å². The molecular formula is C16H21N3O2. The van der Waals surface area contributed by atoms with Gasteiger partial charge in [-0.25, -0.2) is 9.97 Å². The molecule has 1 atom stereocenters. The lowest BCUT2D eigenvalue weighted by atomic mass is 10.0. The van der Waals surface area contributed by atoms with Crippen LogP contribution in [0.4, 0.5) is 0 Å². The molecule has 1 fully saturated rings. The van der Waals surface area contributed by atoms with E-state index < -0.39 is 0 Å². The van der Waals surface area contributed by atoms with Crippen LogP contribution in [0.15, 0.2) is 24.3 Å². The molecular weight excluding hydrogens is 266 g/mol. The monoisotopic (exact) mass is 287 g/mol. The topological polar surface area (TPSA) is 56.3 Å². The Hall–Kier alpha value is -1.88. The fraction of sp³-hybridized carbons (Fsp3) is 0.500. The van der Waals surface area contributed by atoms with E-state index in [1.165, 1.54) is 19.3 Å². The summed E-state index contributed by atoms with van der Waals surface area (Å²) in [7, 11) is 1.59. The zero-order valence-electron chi connectivity index (χ0n) is 12.3. The number of methoxy groups -OCH3 is 1. The molecule has 1 aliphatic heterocycles. The molecule has 2 heterocycles.